The van der Waals surface area contributed by atoms with Crippen LogP contribution in [0.15, 0.2) is 36.5 Å². The highest BCUT2D eigenvalue weighted by Crippen LogP contribution is 2.15. The smallest absolute Gasteiger partial charge is 0.269 e. The molecule has 7 heteroatoms. The number of amides is 2. The van der Waals surface area contributed by atoms with E-state index in [1.807, 2.05) is 24.3 Å². The molecule has 1 saturated heterocycles. The van der Waals surface area contributed by atoms with Crippen molar-refractivity contribution in [1.29, 1.82) is 0 Å². The standard InChI is InChI=1S/C18H22N4O3/c1-21-16(7-9-19-21)18(24)20-14-11-17(23)22(12-14)10-8-13-3-5-15(25-2)6-4-13/h3-7,9,14H,8,10-12H2,1-2H3,(H,20,24)/t14-/m1/s1. The molecule has 3 rings (SSSR count). The molecule has 25 heavy (non-hydrogen) atoms. The fourth-order valence-electron chi connectivity index (χ4n) is 3.00. The van der Waals surface area contributed by atoms with Gasteiger partial charge in [0.2, 0.25) is 5.91 Å². The van der Waals surface area contributed by atoms with Crippen LogP contribution in [0.25, 0.3) is 0 Å². The van der Waals surface area contributed by atoms with Crippen LogP contribution in [0, 0.1) is 0 Å². The van der Waals surface area contributed by atoms with Crippen molar-refractivity contribution in [2.75, 3.05) is 20.2 Å². The number of nitrogens with one attached hydrogen (secondary N) is 1. The van der Waals surface area contributed by atoms with Crippen molar-refractivity contribution in [1.82, 2.24) is 20.0 Å². The Labute approximate surface area is 146 Å². The molecule has 1 fully saturated rings. The van der Waals surface area contributed by atoms with Crippen molar-refractivity contribution in [2.45, 2.75) is 18.9 Å². The summed E-state index contributed by atoms with van der Waals surface area (Å²) < 4.78 is 6.66. The van der Waals surface area contributed by atoms with Gasteiger partial charge in [-0.25, -0.2) is 0 Å². The fraction of sp³-hybridized carbons (Fsp3) is 0.389. The number of ether oxygens (including phenoxy) is 1. The van der Waals surface area contributed by atoms with Gasteiger partial charge in [-0.3, -0.25) is 14.3 Å². The first-order valence-electron chi connectivity index (χ1n) is 8.26. The van der Waals surface area contributed by atoms with Crippen molar-refractivity contribution in [3.05, 3.63) is 47.8 Å². The van der Waals surface area contributed by atoms with Crippen molar-refractivity contribution in [3.63, 3.8) is 0 Å². The molecule has 2 aromatic rings. The monoisotopic (exact) mass is 342 g/mol. The summed E-state index contributed by atoms with van der Waals surface area (Å²) in [4.78, 5) is 26.2. The van der Waals surface area contributed by atoms with Gasteiger partial charge < -0.3 is 15.0 Å². The maximum atomic E-state index is 12.2. The average Bonchev–Trinajstić information content (AvgIpc) is 3.19. The zero-order valence-electron chi connectivity index (χ0n) is 14.4. The number of methoxy groups -OCH3 is 1. The molecule has 0 bridgehead atoms. The number of hydrogen-bond acceptors (Lipinski definition) is 4. The van der Waals surface area contributed by atoms with E-state index in [-0.39, 0.29) is 17.9 Å². The number of likely N-dealkylation sites (tertiary alicyclic amines) is 1. The maximum Gasteiger partial charge on any atom is 0.269 e. The van der Waals surface area contributed by atoms with Crippen molar-refractivity contribution >= 4 is 11.8 Å². The zero-order valence-corrected chi connectivity index (χ0v) is 14.4. The van der Waals surface area contributed by atoms with Gasteiger partial charge in [-0.05, 0) is 30.2 Å². The number of hydrogen-bond donors (Lipinski definition) is 1. The van der Waals surface area contributed by atoms with Crippen LogP contribution in [0.5, 0.6) is 5.75 Å². The lowest BCUT2D eigenvalue weighted by atomic mass is 10.1. The second-order valence-electron chi connectivity index (χ2n) is 6.15. The Kier molecular flexibility index (Phi) is 5.02. The van der Waals surface area contributed by atoms with E-state index in [0.29, 0.717) is 25.2 Å². The van der Waals surface area contributed by atoms with Gasteiger partial charge in [0.15, 0.2) is 0 Å². The third-order valence-corrected chi connectivity index (χ3v) is 4.43. The Bertz CT molecular complexity index is 754. The quantitative estimate of drug-likeness (QED) is 0.850. The number of aryl methyl sites for hydroxylation is 1. The minimum absolute atomic E-state index is 0.0730. The molecule has 0 spiro atoms. The molecule has 7 nitrogen and oxygen atoms in total. The molecule has 1 aliphatic rings. The summed E-state index contributed by atoms with van der Waals surface area (Å²) in [5.41, 5.74) is 1.64. The summed E-state index contributed by atoms with van der Waals surface area (Å²) >= 11 is 0. The van der Waals surface area contributed by atoms with E-state index in [2.05, 4.69) is 10.4 Å². The van der Waals surface area contributed by atoms with Gasteiger partial charge in [0.25, 0.3) is 5.91 Å². The largest absolute Gasteiger partial charge is 0.497 e. The Morgan fingerprint density at radius 2 is 2.08 bits per heavy atom. The predicted octanol–water partition coefficient (Wildman–Crippen LogP) is 1.00. The van der Waals surface area contributed by atoms with Crippen LogP contribution in [-0.4, -0.2) is 52.7 Å². The second kappa shape index (κ2) is 7.38. The maximum absolute atomic E-state index is 12.2. The third-order valence-electron chi connectivity index (χ3n) is 4.43. The van der Waals surface area contributed by atoms with Crippen LogP contribution in [0.2, 0.25) is 0 Å². The number of aromatic nitrogens is 2. The molecule has 1 aliphatic heterocycles. The highest BCUT2D eigenvalue weighted by atomic mass is 16.5. The van der Waals surface area contributed by atoms with E-state index in [0.717, 1.165) is 17.7 Å². The molecule has 1 aromatic heterocycles. The molecule has 1 atom stereocenters. The van der Waals surface area contributed by atoms with Gasteiger partial charge in [-0.1, -0.05) is 12.1 Å². The number of nitrogens with zero attached hydrogens (tertiary/aromatic N) is 3. The molecular formula is C18H22N4O3. The predicted molar refractivity (Wildman–Crippen MR) is 92.4 cm³/mol. The summed E-state index contributed by atoms with van der Waals surface area (Å²) in [6.07, 6.45) is 2.69. The van der Waals surface area contributed by atoms with Crippen molar-refractivity contribution in [2.24, 2.45) is 7.05 Å². The first kappa shape index (κ1) is 17.0. The van der Waals surface area contributed by atoms with E-state index in [4.69, 9.17) is 4.74 Å². The Morgan fingerprint density at radius 3 is 2.72 bits per heavy atom. The lowest BCUT2D eigenvalue weighted by Crippen LogP contribution is -2.38. The molecule has 2 heterocycles. The Hall–Kier alpha value is -2.83. The van der Waals surface area contributed by atoms with Crippen molar-refractivity contribution in [3.8, 4) is 5.75 Å². The van der Waals surface area contributed by atoms with E-state index in [9.17, 15) is 9.59 Å². The minimum Gasteiger partial charge on any atom is -0.497 e. The van der Waals surface area contributed by atoms with E-state index < -0.39 is 0 Å². The summed E-state index contributed by atoms with van der Waals surface area (Å²) in [6.45, 7) is 1.18. The SMILES string of the molecule is COc1ccc(CCN2C[C@H](NC(=O)c3ccnn3C)CC2=O)cc1. The molecule has 0 unspecified atom stereocenters. The molecule has 1 aromatic carbocycles. The van der Waals surface area contributed by atoms with Gasteiger partial charge in [0.05, 0.1) is 13.2 Å². The number of carbonyl (C=O) groups is 2. The second-order valence-corrected chi connectivity index (χ2v) is 6.15. The van der Waals surface area contributed by atoms with Crippen LogP contribution >= 0.6 is 0 Å². The lowest BCUT2D eigenvalue weighted by Gasteiger charge is -2.17. The third kappa shape index (κ3) is 3.99. The molecule has 0 aliphatic carbocycles. The summed E-state index contributed by atoms with van der Waals surface area (Å²) in [7, 11) is 3.35. The molecule has 0 saturated carbocycles. The van der Waals surface area contributed by atoms with Gasteiger partial charge in [-0.15, -0.1) is 0 Å². The van der Waals surface area contributed by atoms with E-state index >= 15 is 0 Å². The van der Waals surface area contributed by atoms with Gasteiger partial charge in [0.1, 0.15) is 11.4 Å². The first-order valence-corrected chi connectivity index (χ1v) is 8.26. The average molecular weight is 342 g/mol. The van der Waals surface area contributed by atoms with E-state index in [1.54, 1.807) is 31.3 Å². The first-order chi connectivity index (χ1) is 12.1. The molecule has 1 N–H and O–H groups in total. The molecule has 2 amide bonds. The zero-order chi connectivity index (χ0) is 17.8. The number of carbonyl (C=O) groups excluding carboxylic acids is 2. The molecule has 0 radical (unpaired) electrons. The number of rotatable bonds is 6. The molecule has 132 valence electrons. The van der Waals surface area contributed by atoms with Gasteiger partial charge in [-0.2, -0.15) is 5.10 Å². The topological polar surface area (TPSA) is 76.5 Å². The lowest BCUT2D eigenvalue weighted by molar-refractivity contribution is -0.127. The van der Waals surface area contributed by atoms with Gasteiger partial charge in [0, 0.05) is 32.8 Å². The van der Waals surface area contributed by atoms with Crippen LogP contribution in [0.4, 0.5) is 0 Å². The van der Waals surface area contributed by atoms with E-state index in [1.165, 1.54) is 4.68 Å². The molecular weight excluding hydrogens is 320 g/mol. The summed E-state index contributed by atoms with van der Waals surface area (Å²) in [6, 6.07) is 9.33. The fourth-order valence-corrected chi connectivity index (χ4v) is 3.00. The Morgan fingerprint density at radius 1 is 1.32 bits per heavy atom. The highest BCUT2D eigenvalue weighted by Gasteiger charge is 2.30. The normalized spacial score (nSPS) is 17.0. The Balaban J connectivity index is 1.51. The summed E-state index contributed by atoms with van der Waals surface area (Å²) in [5, 5.41) is 6.90. The van der Waals surface area contributed by atoms with Crippen molar-refractivity contribution < 1.29 is 14.3 Å². The number of benzene rings is 1. The minimum atomic E-state index is -0.199. The van der Waals surface area contributed by atoms with Gasteiger partial charge >= 0.3 is 0 Å². The highest BCUT2D eigenvalue weighted by molar-refractivity contribution is 5.93. The summed E-state index contributed by atoms with van der Waals surface area (Å²) in [5.74, 6) is 0.692. The van der Waals surface area contributed by atoms with Crippen LogP contribution in [0.1, 0.15) is 22.5 Å². The van der Waals surface area contributed by atoms with Crippen LogP contribution in [0.3, 0.4) is 0 Å². The van der Waals surface area contributed by atoms with Crippen LogP contribution in [-0.2, 0) is 18.3 Å². The van der Waals surface area contributed by atoms with Crippen LogP contribution < -0.4 is 10.1 Å².